The van der Waals surface area contributed by atoms with E-state index in [0.717, 1.165) is 11.1 Å². The van der Waals surface area contributed by atoms with Gasteiger partial charge in [0.15, 0.2) is 0 Å². The molecule has 84 valence electrons. The third-order valence-corrected chi connectivity index (χ3v) is 2.44. The predicted molar refractivity (Wildman–Crippen MR) is 68.9 cm³/mol. The Bertz CT molecular complexity index is 508. The smallest absolute Gasteiger partial charge is 0.302 e. The number of hydrogen-bond donors (Lipinski definition) is 0. The molecule has 0 atom stereocenters. The molecule has 0 fully saturated rings. The van der Waals surface area contributed by atoms with Crippen molar-refractivity contribution in [1.29, 1.82) is 0 Å². The Labute approximate surface area is 101 Å². The van der Waals surface area contributed by atoms with Crippen molar-refractivity contribution in [3.63, 3.8) is 0 Å². The van der Waals surface area contributed by atoms with Crippen LogP contribution in [0.15, 0.2) is 30.4 Å². The third-order valence-electron chi connectivity index (χ3n) is 2.44. The van der Waals surface area contributed by atoms with E-state index in [2.05, 4.69) is 12.1 Å². The van der Waals surface area contributed by atoms with Gasteiger partial charge < -0.3 is 4.74 Å². The maximum Gasteiger partial charge on any atom is 0.302 e. The first kappa shape index (κ1) is 11.3. The maximum atomic E-state index is 10.6. The van der Waals surface area contributed by atoms with Crippen LogP contribution in [-0.4, -0.2) is 12.6 Å². The summed E-state index contributed by atoms with van der Waals surface area (Å²) in [4.78, 5) is 10.6. The topological polar surface area (TPSA) is 26.3 Å². The Kier molecular flexibility index (Phi) is 3.49. The van der Waals surface area contributed by atoms with Crippen molar-refractivity contribution < 1.29 is 9.53 Å². The molecule has 2 nitrogen and oxygen atoms in total. The van der Waals surface area contributed by atoms with Crippen molar-refractivity contribution in [2.24, 2.45) is 0 Å². The van der Waals surface area contributed by atoms with E-state index < -0.39 is 0 Å². The van der Waals surface area contributed by atoms with Crippen molar-refractivity contribution in [3.8, 4) is 0 Å². The molecule has 0 aromatic heterocycles. The summed E-state index contributed by atoms with van der Waals surface area (Å²) in [5.74, 6) is -0.263. The van der Waals surface area contributed by atoms with Crippen LogP contribution in [0.25, 0.3) is 18.2 Å². The highest BCUT2D eigenvalue weighted by molar-refractivity contribution is 5.76. The van der Waals surface area contributed by atoms with Gasteiger partial charge in [-0.25, -0.2) is 0 Å². The van der Waals surface area contributed by atoms with E-state index in [1.165, 1.54) is 12.5 Å². The number of carbonyl (C=O) groups is 1. The van der Waals surface area contributed by atoms with Gasteiger partial charge in [0.2, 0.25) is 0 Å². The Morgan fingerprint density at radius 1 is 1.47 bits per heavy atom. The lowest BCUT2D eigenvalue weighted by atomic mass is 9.97. The van der Waals surface area contributed by atoms with Crippen LogP contribution < -0.4 is 0 Å². The average molecular weight is 225 g/mol. The highest BCUT2D eigenvalue weighted by Gasteiger charge is 2.11. The van der Waals surface area contributed by atoms with Gasteiger partial charge in [-0.05, 0) is 24.3 Å². The second-order valence-electron chi connectivity index (χ2n) is 3.70. The lowest BCUT2D eigenvalue weighted by Gasteiger charge is -2.00. The Balaban J connectivity index is 2.14. The SMILES string of the molecule is CC(=O)OC/C=C/c1cccc2c1C=[C+]C=C2. The molecule has 1 aromatic rings. The first-order valence-corrected chi connectivity index (χ1v) is 5.46. The molecule has 0 heterocycles. The minimum absolute atomic E-state index is 0.263. The molecular weight excluding hydrogens is 212 g/mol. The quantitative estimate of drug-likeness (QED) is 0.583. The highest BCUT2D eigenvalue weighted by Crippen LogP contribution is 2.22. The Hall–Kier alpha value is -2.18. The standard InChI is InChI=1S/C15H13O2/c1-12(16)17-11-5-9-14-8-4-7-13-6-2-3-10-15(13)14/h2,4-10H,11H2,1H3/q+1/b9-5+. The van der Waals surface area contributed by atoms with Gasteiger partial charge >= 0.3 is 5.97 Å². The summed E-state index contributed by atoms with van der Waals surface area (Å²) < 4.78 is 4.84. The van der Waals surface area contributed by atoms with E-state index in [1.54, 1.807) is 0 Å². The first-order chi connectivity index (χ1) is 8.27. The molecule has 1 aromatic carbocycles. The molecule has 2 heteroatoms. The van der Waals surface area contributed by atoms with E-state index >= 15 is 0 Å². The molecule has 0 bridgehead atoms. The molecule has 2 rings (SSSR count). The van der Waals surface area contributed by atoms with Crippen LogP contribution in [0.3, 0.4) is 0 Å². The van der Waals surface area contributed by atoms with Crippen LogP contribution in [0.1, 0.15) is 23.6 Å². The fourth-order valence-electron chi connectivity index (χ4n) is 1.67. The number of fused-ring (bicyclic) bond motifs is 1. The number of allylic oxidation sites excluding steroid dienone is 2. The lowest BCUT2D eigenvalue weighted by molar-refractivity contribution is -0.139. The zero-order valence-electron chi connectivity index (χ0n) is 9.64. The largest absolute Gasteiger partial charge is 0.462 e. The van der Waals surface area contributed by atoms with Gasteiger partial charge in [0, 0.05) is 18.6 Å². The number of benzene rings is 1. The summed E-state index contributed by atoms with van der Waals surface area (Å²) in [6.45, 7) is 1.71. The van der Waals surface area contributed by atoms with Crippen LogP contribution in [-0.2, 0) is 9.53 Å². The lowest BCUT2D eigenvalue weighted by Crippen LogP contribution is -1.97. The molecule has 0 N–H and O–H groups in total. The average Bonchev–Trinajstić information content (AvgIpc) is 2.34. The molecule has 1 aliphatic carbocycles. The van der Waals surface area contributed by atoms with Crippen molar-refractivity contribution in [1.82, 2.24) is 0 Å². The van der Waals surface area contributed by atoms with Gasteiger partial charge in [-0.2, -0.15) is 0 Å². The summed E-state index contributed by atoms with van der Waals surface area (Å²) >= 11 is 0. The highest BCUT2D eigenvalue weighted by atomic mass is 16.5. The van der Waals surface area contributed by atoms with Gasteiger partial charge in [-0.3, -0.25) is 4.79 Å². The molecule has 0 unspecified atom stereocenters. The van der Waals surface area contributed by atoms with Gasteiger partial charge in [0.1, 0.15) is 24.3 Å². The second kappa shape index (κ2) is 5.24. The monoisotopic (exact) mass is 225 g/mol. The van der Waals surface area contributed by atoms with Gasteiger partial charge in [0.05, 0.1) is 11.6 Å². The summed E-state index contributed by atoms with van der Waals surface area (Å²) in [7, 11) is 0. The molecule has 1 aliphatic rings. The van der Waals surface area contributed by atoms with Crippen LogP contribution in [0.5, 0.6) is 0 Å². The van der Waals surface area contributed by atoms with E-state index in [-0.39, 0.29) is 5.97 Å². The van der Waals surface area contributed by atoms with Crippen molar-refractivity contribution in [2.75, 3.05) is 6.61 Å². The number of esters is 1. The summed E-state index contributed by atoms with van der Waals surface area (Å²) in [6.07, 6.45) is 12.7. The van der Waals surface area contributed by atoms with Gasteiger partial charge in [-0.15, -0.1) is 0 Å². The zero-order valence-corrected chi connectivity index (χ0v) is 9.64. The summed E-state index contributed by atoms with van der Waals surface area (Å²) in [5, 5.41) is 0. The van der Waals surface area contributed by atoms with Gasteiger partial charge in [-0.1, -0.05) is 6.07 Å². The number of rotatable bonds is 3. The molecule has 0 radical (unpaired) electrons. The molecule has 0 aliphatic heterocycles. The third kappa shape index (κ3) is 2.90. The van der Waals surface area contributed by atoms with Crippen LogP contribution in [0.4, 0.5) is 0 Å². The minimum Gasteiger partial charge on any atom is -0.462 e. The van der Waals surface area contributed by atoms with Gasteiger partial charge in [0.25, 0.3) is 0 Å². The molecule has 17 heavy (non-hydrogen) atoms. The molecule has 0 spiro atoms. The predicted octanol–water partition coefficient (Wildman–Crippen LogP) is 3.11. The second-order valence-corrected chi connectivity index (χ2v) is 3.70. The zero-order chi connectivity index (χ0) is 12.1. The van der Waals surface area contributed by atoms with Crippen molar-refractivity contribution in [3.05, 3.63) is 53.1 Å². The normalized spacial score (nSPS) is 12.3. The van der Waals surface area contributed by atoms with Crippen LogP contribution in [0.2, 0.25) is 0 Å². The van der Waals surface area contributed by atoms with E-state index in [4.69, 9.17) is 4.74 Å². The Morgan fingerprint density at radius 3 is 3.18 bits per heavy atom. The van der Waals surface area contributed by atoms with Crippen LogP contribution in [0, 0.1) is 6.08 Å². The summed E-state index contributed by atoms with van der Waals surface area (Å²) in [5.41, 5.74) is 3.43. The fraction of sp³-hybridized carbons (Fsp3) is 0.133. The minimum atomic E-state index is -0.263. The van der Waals surface area contributed by atoms with Crippen molar-refractivity contribution in [2.45, 2.75) is 6.92 Å². The number of carbonyl (C=O) groups excluding carboxylic acids is 1. The van der Waals surface area contributed by atoms with E-state index in [9.17, 15) is 4.79 Å². The van der Waals surface area contributed by atoms with Crippen LogP contribution >= 0.6 is 0 Å². The number of ether oxygens (including phenoxy) is 1. The summed E-state index contributed by atoms with van der Waals surface area (Å²) in [6, 6.07) is 6.10. The Morgan fingerprint density at radius 2 is 2.35 bits per heavy atom. The van der Waals surface area contributed by atoms with Crippen molar-refractivity contribution >= 4 is 24.2 Å². The molecular formula is C15H13O2+. The molecule has 0 amide bonds. The van der Waals surface area contributed by atoms with E-state index in [0.29, 0.717) is 6.61 Å². The molecule has 0 saturated heterocycles. The molecule has 0 saturated carbocycles. The maximum absolute atomic E-state index is 10.6. The first-order valence-electron chi connectivity index (χ1n) is 5.46. The van der Waals surface area contributed by atoms with E-state index in [1.807, 2.05) is 42.5 Å². The number of hydrogen-bond acceptors (Lipinski definition) is 2. The fourth-order valence-corrected chi connectivity index (χ4v) is 1.67.